The van der Waals surface area contributed by atoms with Gasteiger partial charge in [0.05, 0.1) is 24.5 Å². The number of thiazole rings is 1. The molecule has 3 atom stereocenters. The Morgan fingerprint density at radius 1 is 1.03 bits per heavy atom. The molecule has 1 aliphatic rings. The number of carbonyl (C=O) groups excluding carboxylic acids is 2. The molecule has 2 heterocycles. The average molecular weight is 520 g/mol. The molecule has 2 N–H and O–H groups in total. The van der Waals surface area contributed by atoms with Crippen molar-refractivity contribution in [2.75, 3.05) is 18.5 Å². The summed E-state index contributed by atoms with van der Waals surface area (Å²) in [5.74, 6) is -2.24. The maximum atomic E-state index is 13.6. The smallest absolute Gasteiger partial charge is 0.336 e. The fraction of sp³-hybridized carbons (Fsp3) is 0.345. The van der Waals surface area contributed by atoms with E-state index in [1.807, 2.05) is 67.8 Å². The van der Waals surface area contributed by atoms with Crippen LogP contribution < -0.4 is 10.6 Å². The zero-order valence-electron chi connectivity index (χ0n) is 21.8. The van der Waals surface area contributed by atoms with E-state index in [4.69, 9.17) is 14.5 Å². The number of anilines is 1. The number of aromatic nitrogens is 1. The lowest BCUT2D eigenvalue weighted by atomic mass is 9.71. The molecular weight excluding hydrogens is 486 g/mol. The normalized spacial score (nSPS) is 21.2. The minimum absolute atomic E-state index is 0.221. The first-order valence-corrected chi connectivity index (χ1v) is 13.3. The molecule has 0 spiro atoms. The number of hydrogen-bond acceptors (Lipinski definition) is 8. The molecule has 0 aliphatic carbocycles. The molecule has 37 heavy (non-hydrogen) atoms. The van der Waals surface area contributed by atoms with Gasteiger partial charge in [-0.3, -0.25) is 4.79 Å². The first-order valence-electron chi connectivity index (χ1n) is 12.5. The van der Waals surface area contributed by atoms with Crippen LogP contribution in [0.15, 0.2) is 71.2 Å². The monoisotopic (exact) mass is 519 g/mol. The number of hydrogen-bond donors (Lipinski definition) is 2. The third-order valence-corrected chi connectivity index (χ3v) is 7.36. The lowest BCUT2D eigenvalue weighted by molar-refractivity contribution is -0.152. The van der Waals surface area contributed by atoms with Crippen LogP contribution in [0.25, 0.3) is 11.3 Å². The minimum Gasteiger partial charge on any atom is -0.466 e. The van der Waals surface area contributed by atoms with E-state index in [2.05, 4.69) is 23.6 Å². The summed E-state index contributed by atoms with van der Waals surface area (Å²) in [5.41, 5.74) is 3.93. The van der Waals surface area contributed by atoms with Crippen molar-refractivity contribution in [1.29, 1.82) is 0 Å². The number of nitrogens with zero attached hydrogens (tertiary/aromatic N) is 1. The second-order valence-electron chi connectivity index (χ2n) is 9.18. The Balaban J connectivity index is 1.81. The second-order valence-corrected chi connectivity index (χ2v) is 10.0. The minimum atomic E-state index is -1.01. The van der Waals surface area contributed by atoms with E-state index < -0.39 is 29.4 Å². The van der Waals surface area contributed by atoms with Crippen molar-refractivity contribution >= 4 is 28.4 Å². The molecule has 8 heteroatoms. The first kappa shape index (κ1) is 26.4. The number of allylic oxidation sites excluding steroid dienone is 1. The van der Waals surface area contributed by atoms with Gasteiger partial charge in [-0.05, 0) is 45.7 Å². The Labute approximate surface area is 221 Å². The Morgan fingerprint density at radius 3 is 2.38 bits per heavy atom. The van der Waals surface area contributed by atoms with Gasteiger partial charge in [-0.1, -0.05) is 54.6 Å². The van der Waals surface area contributed by atoms with Gasteiger partial charge in [0, 0.05) is 22.6 Å². The molecule has 0 fully saturated rings. The lowest BCUT2D eigenvalue weighted by Crippen LogP contribution is -2.62. The molecule has 0 bridgehead atoms. The fourth-order valence-corrected chi connectivity index (χ4v) is 5.85. The van der Waals surface area contributed by atoms with Gasteiger partial charge in [-0.25, -0.2) is 9.78 Å². The van der Waals surface area contributed by atoms with Crippen molar-refractivity contribution in [3.8, 4) is 11.3 Å². The number of benzene rings is 2. The fourth-order valence-electron chi connectivity index (χ4n) is 5.03. The first-order chi connectivity index (χ1) is 17.8. The van der Waals surface area contributed by atoms with Crippen molar-refractivity contribution in [2.24, 2.45) is 5.92 Å². The molecule has 0 radical (unpaired) electrons. The van der Waals surface area contributed by atoms with Crippen LogP contribution in [-0.4, -0.2) is 35.8 Å². The zero-order valence-corrected chi connectivity index (χ0v) is 22.6. The average Bonchev–Trinajstić information content (AvgIpc) is 3.32. The third-order valence-electron chi connectivity index (χ3n) is 6.60. The van der Waals surface area contributed by atoms with Gasteiger partial charge in [-0.2, -0.15) is 0 Å². The quantitative estimate of drug-likeness (QED) is 0.372. The molecule has 2 aromatic carbocycles. The summed E-state index contributed by atoms with van der Waals surface area (Å²) in [6, 6.07) is 17.6. The summed E-state index contributed by atoms with van der Waals surface area (Å²) in [4.78, 5) is 31.6. The zero-order chi connectivity index (χ0) is 26.6. The molecule has 0 amide bonds. The van der Waals surface area contributed by atoms with Gasteiger partial charge in [0.25, 0.3) is 0 Å². The molecule has 194 valence electrons. The summed E-state index contributed by atoms with van der Waals surface area (Å²) < 4.78 is 11.0. The van der Waals surface area contributed by atoms with Gasteiger partial charge in [0.1, 0.15) is 11.6 Å². The summed E-state index contributed by atoms with van der Waals surface area (Å²) in [5, 5.41) is 9.55. The summed E-state index contributed by atoms with van der Waals surface area (Å²) in [6.07, 6.45) is 0. The number of rotatable bonds is 8. The van der Waals surface area contributed by atoms with Crippen LogP contribution in [0.2, 0.25) is 0 Å². The molecule has 7 nitrogen and oxygen atoms in total. The Kier molecular flexibility index (Phi) is 7.97. The molecule has 3 unspecified atom stereocenters. The maximum Gasteiger partial charge on any atom is 0.336 e. The van der Waals surface area contributed by atoms with Crippen molar-refractivity contribution in [3.05, 3.63) is 82.4 Å². The molecule has 1 aromatic heterocycles. The van der Waals surface area contributed by atoms with Crippen LogP contribution in [0.5, 0.6) is 0 Å². The molecule has 0 saturated heterocycles. The lowest BCUT2D eigenvalue weighted by Gasteiger charge is -2.46. The van der Waals surface area contributed by atoms with E-state index in [1.165, 1.54) is 11.3 Å². The molecule has 0 saturated carbocycles. The Morgan fingerprint density at radius 2 is 1.70 bits per heavy atom. The van der Waals surface area contributed by atoms with Crippen LogP contribution in [-0.2, 0) is 19.1 Å². The number of aryl methyl sites for hydroxylation is 1. The van der Waals surface area contributed by atoms with E-state index in [9.17, 15) is 9.59 Å². The number of esters is 2. The van der Waals surface area contributed by atoms with E-state index in [1.54, 1.807) is 13.8 Å². The Hall–Kier alpha value is -3.65. The molecular formula is C29H33N3O4S. The highest BCUT2D eigenvalue weighted by molar-refractivity contribution is 7.14. The summed E-state index contributed by atoms with van der Waals surface area (Å²) in [7, 11) is 0. The maximum absolute atomic E-state index is 13.6. The highest BCUT2D eigenvalue weighted by Crippen LogP contribution is 2.45. The van der Waals surface area contributed by atoms with Crippen molar-refractivity contribution < 1.29 is 19.1 Å². The van der Waals surface area contributed by atoms with Crippen LogP contribution in [0.1, 0.15) is 44.7 Å². The topological polar surface area (TPSA) is 89.5 Å². The largest absolute Gasteiger partial charge is 0.466 e. The van der Waals surface area contributed by atoms with Crippen LogP contribution in [0.3, 0.4) is 0 Å². The number of ether oxygens (including phenoxy) is 2. The predicted molar refractivity (Wildman–Crippen MR) is 146 cm³/mol. The predicted octanol–water partition coefficient (Wildman–Crippen LogP) is 5.65. The molecule has 1 aliphatic heterocycles. The Bertz CT molecular complexity index is 1300. The van der Waals surface area contributed by atoms with E-state index in [0.717, 1.165) is 22.4 Å². The summed E-state index contributed by atoms with van der Waals surface area (Å²) in [6.45, 7) is 9.80. The standard InChI is InChI=1S/C29H33N3O4S/c1-6-35-26(33)23-19(4)31-29(5,25(27(34)36-7-2)24(23)20-14-9-8-10-15-20)32-28-30-22(17-37-28)21-16-12-11-13-18(21)3/h8-17,24-25,31H,6-7H2,1-5H3,(H,30,32). The summed E-state index contributed by atoms with van der Waals surface area (Å²) >= 11 is 1.46. The highest BCUT2D eigenvalue weighted by atomic mass is 32.1. The SMILES string of the molecule is CCOC(=O)C1=C(C)NC(C)(Nc2nc(-c3ccccc3C)cs2)C(C(=O)OCC)C1c1ccccc1. The highest BCUT2D eigenvalue weighted by Gasteiger charge is 2.52. The van der Waals surface area contributed by atoms with Gasteiger partial charge < -0.3 is 20.1 Å². The van der Waals surface area contributed by atoms with Gasteiger partial charge in [0.15, 0.2) is 5.13 Å². The van der Waals surface area contributed by atoms with Crippen LogP contribution in [0.4, 0.5) is 5.13 Å². The number of carbonyl (C=O) groups is 2. The van der Waals surface area contributed by atoms with Crippen molar-refractivity contribution in [2.45, 2.75) is 46.2 Å². The van der Waals surface area contributed by atoms with Crippen LogP contribution >= 0.6 is 11.3 Å². The third kappa shape index (κ3) is 5.39. The second kappa shape index (κ2) is 11.2. The van der Waals surface area contributed by atoms with Crippen molar-refractivity contribution in [1.82, 2.24) is 10.3 Å². The number of nitrogens with one attached hydrogen (secondary N) is 2. The van der Waals surface area contributed by atoms with Gasteiger partial charge in [-0.15, -0.1) is 11.3 Å². The molecule has 3 aromatic rings. The molecule has 4 rings (SSSR count). The van der Waals surface area contributed by atoms with Crippen LogP contribution in [0, 0.1) is 12.8 Å². The van der Waals surface area contributed by atoms with E-state index in [-0.39, 0.29) is 13.2 Å². The van der Waals surface area contributed by atoms with E-state index in [0.29, 0.717) is 16.4 Å². The van der Waals surface area contributed by atoms with Gasteiger partial charge >= 0.3 is 11.9 Å². The van der Waals surface area contributed by atoms with Crippen molar-refractivity contribution in [3.63, 3.8) is 0 Å². The van der Waals surface area contributed by atoms with Gasteiger partial charge in [0.2, 0.25) is 0 Å². The van der Waals surface area contributed by atoms with E-state index >= 15 is 0 Å².